The summed E-state index contributed by atoms with van der Waals surface area (Å²) in [7, 11) is 1.80. The van der Waals surface area contributed by atoms with E-state index in [-0.39, 0.29) is 0 Å². The van der Waals surface area contributed by atoms with Crippen molar-refractivity contribution in [2.45, 2.75) is 52.5 Å². The van der Waals surface area contributed by atoms with E-state index in [0.29, 0.717) is 12.0 Å². The van der Waals surface area contributed by atoms with E-state index in [4.69, 9.17) is 4.74 Å². The lowest BCUT2D eigenvalue weighted by atomic mass is 9.91. The van der Waals surface area contributed by atoms with Gasteiger partial charge in [-0.05, 0) is 36.3 Å². The summed E-state index contributed by atoms with van der Waals surface area (Å²) < 4.78 is 5.72. The number of rotatable bonds is 7. The largest absolute Gasteiger partial charge is 0.496 e. The maximum atomic E-state index is 5.72. The Morgan fingerprint density at radius 3 is 2.35 bits per heavy atom. The van der Waals surface area contributed by atoms with Crippen LogP contribution < -0.4 is 10.1 Å². The third kappa shape index (κ3) is 4.95. The summed E-state index contributed by atoms with van der Waals surface area (Å²) in [5.41, 5.74) is 2.78. The van der Waals surface area contributed by atoms with Crippen LogP contribution in [0.25, 0.3) is 0 Å². The fourth-order valence-electron chi connectivity index (χ4n) is 3.39. The van der Waals surface area contributed by atoms with Crippen LogP contribution in [0.15, 0.2) is 18.2 Å². The van der Waals surface area contributed by atoms with E-state index in [1.807, 2.05) is 0 Å². The van der Waals surface area contributed by atoms with E-state index < -0.39 is 0 Å². The molecule has 0 radical (unpaired) electrons. The molecular formula is C20H34N2O. The SMILES string of the molecule is COc1ccc(C(C)C)cc1[C@@H](CCC(C)C)N1CCNCC1. The second kappa shape index (κ2) is 8.70. The van der Waals surface area contributed by atoms with Gasteiger partial charge in [-0.15, -0.1) is 0 Å². The Hall–Kier alpha value is -1.06. The van der Waals surface area contributed by atoms with E-state index >= 15 is 0 Å². The number of ether oxygens (including phenoxy) is 1. The molecule has 1 aliphatic rings. The zero-order valence-corrected chi connectivity index (χ0v) is 15.6. The molecule has 3 heteroatoms. The van der Waals surface area contributed by atoms with Crippen molar-refractivity contribution in [2.75, 3.05) is 33.3 Å². The lowest BCUT2D eigenvalue weighted by Crippen LogP contribution is -2.45. The summed E-state index contributed by atoms with van der Waals surface area (Å²) in [6, 6.07) is 7.23. The summed E-state index contributed by atoms with van der Waals surface area (Å²) in [6.45, 7) is 13.6. The first-order valence-electron chi connectivity index (χ1n) is 9.15. The molecule has 1 aromatic carbocycles. The van der Waals surface area contributed by atoms with Crippen LogP contribution in [0.1, 0.15) is 63.6 Å². The molecule has 23 heavy (non-hydrogen) atoms. The zero-order chi connectivity index (χ0) is 16.8. The van der Waals surface area contributed by atoms with Crippen LogP contribution >= 0.6 is 0 Å². The minimum Gasteiger partial charge on any atom is -0.496 e. The van der Waals surface area contributed by atoms with Gasteiger partial charge in [0.05, 0.1) is 7.11 Å². The summed E-state index contributed by atoms with van der Waals surface area (Å²) in [5, 5.41) is 3.47. The number of hydrogen-bond acceptors (Lipinski definition) is 3. The smallest absolute Gasteiger partial charge is 0.123 e. The van der Waals surface area contributed by atoms with Gasteiger partial charge in [0.1, 0.15) is 5.75 Å². The number of benzene rings is 1. The van der Waals surface area contributed by atoms with Crippen molar-refractivity contribution in [1.82, 2.24) is 10.2 Å². The number of hydrogen-bond donors (Lipinski definition) is 1. The quantitative estimate of drug-likeness (QED) is 0.815. The molecule has 1 heterocycles. The Bertz CT molecular complexity index is 479. The van der Waals surface area contributed by atoms with Crippen LogP contribution in [0.5, 0.6) is 5.75 Å². The first-order chi connectivity index (χ1) is 11.0. The summed E-state index contributed by atoms with van der Waals surface area (Å²) in [6.07, 6.45) is 2.46. The lowest BCUT2D eigenvalue weighted by Gasteiger charge is -2.36. The highest BCUT2D eigenvalue weighted by molar-refractivity contribution is 5.40. The fourth-order valence-corrected chi connectivity index (χ4v) is 3.39. The van der Waals surface area contributed by atoms with Crippen molar-refractivity contribution >= 4 is 0 Å². The van der Waals surface area contributed by atoms with Crippen LogP contribution in [-0.4, -0.2) is 38.2 Å². The molecule has 0 saturated carbocycles. The average molecular weight is 319 g/mol. The van der Waals surface area contributed by atoms with Gasteiger partial charge >= 0.3 is 0 Å². The minimum absolute atomic E-state index is 0.466. The Labute approximate surface area is 142 Å². The van der Waals surface area contributed by atoms with Crippen molar-refractivity contribution in [3.05, 3.63) is 29.3 Å². The Kier molecular flexibility index (Phi) is 6.91. The van der Waals surface area contributed by atoms with Crippen molar-refractivity contribution in [1.29, 1.82) is 0 Å². The van der Waals surface area contributed by atoms with E-state index in [1.165, 1.54) is 24.0 Å². The highest BCUT2D eigenvalue weighted by Crippen LogP contribution is 2.36. The van der Waals surface area contributed by atoms with Crippen molar-refractivity contribution < 1.29 is 4.74 Å². The third-order valence-corrected chi connectivity index (χ3v) is 4.89. The summed E-state index contributed by atoms with van der Waals surface area (Å²) in [5.74, 6) is 2.33. The predicted octanol–water partition coefficient (Wildman–Crippen LogP) is 4.20. The highest BCUT2D eigenvalue weighted by atomic mass is 16.5. The molecule has 1 aliphatic heterocycles. The number of methoxy groups -OCH3 is 1. The maximum absolute atomic E-state index is 5.72. The second-order valence-corrected chi connectivity index (χ2v) is 7.43. The van der Waals surface area contributed by atoms with E-state index in [9.17, 15) is 0 Å². The minimum atomic E-state index is 0.466. The summed E-state index contributed by atoms with van der Waals surface area (Å²) >= 11 is 0. The molecule has 1 aromatic rings. The molecule has 0 spiro atoms. The molecule has 1 fully saturated rings. The standard InChI is InChI=1S/C20H34N2O/c1-15(2)6-8-19(22-12-10-21-11-13-22)18-14-17(16(3)4)7-9-20(18)23-5/h7,9,14-16,19,21H,6,8,10-13H2,1-5H3/t19-/m1/s1. The molecular weight excluding hydrogens is 284 g/mol. The first-order valence-corrected chi connectivity index (χ1v) is 9.15. The van der Waals surface area contributed by atoms with Crippen LogP contribution in [0.4, 0.5) is 0 Å². The zero-order valence-electron chi connectivity index (χ0n) is 15.6. The Balaban J connectivity index is 2.33. The molecule has 0 aliphatic carbocycles. The highest BCUT2D eigenvalue weighted by Gasteiger charge is 2.25. The van der Waals surface area contributed by atoms with E-state index in [0.717, 1.165) is 37.8 Å². The van der Waals surface area contributed by atoms with Gasteiger partial charge in [-0.2, -0.15) is 0 Å². The molecule has 0 bridgehead atoms. The van der Waals surface area contributed by atoms with Crippen LogP contribution in [0.2, 0.25) is 0 Å². The molecule has 1 saturated heterocycles. The van der Waals surface area contributed by atoms with Crippen LogP contribution in [0, 0.1) is 5.92 Å². The summed E-state index contributed by atoms with van der Waals surface area (Å²) in [4.78, 5) is 2.64. The molecule has 0 aromatic heterocycles. The molecule has 3 nitrogen and oxygen atoms in total. The molecule has 1 atom stereocenters. The first kappa shape index (κ1) is 18.3. The Morgan fingerprint density at radius 1 is 1.09 bits per heavy atom. The van der Waals surface area contributed by atoms with Gasteiger partial charge in [-0.25, -0.2) is 0 Å². The third-order valence-electron chi connectivity index (χ3n) is 4.89. The van der Waals surface area contributed by atoms with Crippen molar-refractivity contribution in [2.24, 2.45) is 5.92 Å². The van der Waals surface area contributed by atoms with Crippen LogP contribution in [-0.2, 0) is 0 Å². The van der Waals surface area contributed by atoms with Crippen molar-refractivity contribution in [3.63, 3.8) is 0 Å². The molecule has 1 N–H and O–H groups in total. The van der Waals surface area contributed by atoms with Gasteiger partial charge in [0, 0.05) is 37.8 Å². The topological polar surface area (TPSA) is 24.5 Å². The van der Waals surface area contributed by atoms with E-state index in [2.05, 4.69) is 56.1 Å². The van der Waals surface area contributed by atoms with Gasteiger partial charge in [-0.1, -0.05) is 39.8 Å². The Morgan fingerprint density at radius 2 is 1.78 bits per heavy atom. The number of piperazine rings is 1. The van der Waals surface area contributed by atoms with Crippen molar-refractivity contribution in [3.8, 4) is 5.75 Å². The van der Waals surface area contributed by atoms with Gasteiger partial charge < -0.3 is 10.1 Å². The second-order valence-electron chi connectivity index (χ2n) is 7.43. The number of nitrogens with one attached hydrogen (secondary N) is 1. The predicted molar refractivity (Wildman–Crippen MR) is 98.3 cm³/mol. The monoisotopic (exact) mass is 318 g/mol. The molecule has 2 rings (SSSR count). The maximum Gasteiger partial charge on any atom is 0.123 e. The molecule has 130 valence electrons. The average Bonchev–Trinajstić information content (AvgIpc) is 2.55. The van der Waals surface area contributed by atoms with Gasteiger partial charge in [0.25, 0.3) is 0 Å². The van der Waals surface area contributed by atoms with Gasteiger partial charge in [-0.3, -0.25) is 4.90 Å². The molecule has 0 amide bonds. The lowest BCUT2D eigenvalue weighted by molar-refractivity contribution is 0.157. The molecule has 0 unspecified atom stereocenters. The van der Waals surface area contributed by atoms with Crippen LogP contribution in [0.3, 0.4) is 0 Å². The number of nitrogens with zero attached hydrogens (tertiary/aromatic N) is 1. The normalized spacial score (nSPS) is 17.7. The van der Waals surface area contributed by atoms with Gasteiger partial charge in [0.2, 0.25) is 0 Å². The van der Waals surface area contributed by atoms with E-state index in [1.54, 1.807) is 7.11 Å². The fraction of sp³-hybridized carbons (Fsp3) is 0.700. The van der Waals surface area contributed by atoms with Gasteiger partial charge in [0.15, 0.2) is 0 Å².